The van der Waals surface area contributed by atoms with Gasteiger partial charge in [0.15, 0.2) is 0 Å². The normalized spacial score (nSPS) is 11.1. The lowest BCUT2D eigenvalue weighted by Crippen LogP contribution is -2.15. The van der Waals surface area contributed by atoms with Crippen LogP contribution in [-0.2, 0) is 14.8 Å². The van der Waals surface area contributed by atoms with Gasteiger partial charge in [0.1, 0.15) is 0 Å². The molecule has 0 saturated carbocycles. The average Bonchev–Trinajstić information content (AvgIpc) is 2.62. The van der Waals surface area contributed by atoms with Crippen molar-refractivity contribution in [3.63, 3.8) is 0 Å². The summed E-state index contributed by atoms with van der Waals surface area (Å²) in [7, 11) is -3.77. The predicted octanol–water partition coefficient (Wildman–Crippen LogP) is 3.58. The summed E-state index contributed by atoms with van der Waals surface area (Å²) in [5.74, 6) is -0.0548. The summed E-state index contributed by atoms with van der Waals surface area (Å²) in [6.07, 6.45) is 8.79. The van der Waals surface area contributed by atoms with Crippen LogP contribution >= 0.6 is 0 Å². The van der Waals surface area contributed by atoms with Crippen LogP contribution in [-0.4, -0.2) is 24.3 Å². The molecule has 0 aliphatic carbocycles. The number of anilines is 2. The number of carbonyl (C=O) groups is 1. The standard InChI is InChI=1S/C18H24N4O3S/c1-2-3-4-5-6-8-17(23)21-15-9-11-16(12-10-15)26(24,25)22-18-19-13-7-14-20-18/h7,9-14H,2-6,8H2,1H3,(H,21,23)(H,19,20,22). The molecule has 26 heavy (non-hydrogen) atoms. The first-order valence-electron chi connectivity index (χ1n) is 8.71. The smallest absolute Gasteiger partial charge is 0.264 e. The van der Waals surface area contributed by atoms with E-state index in [1.807, 2.05) is 0 Å². The Bertz CT molecular complexity index is 793. The van der Waals surface area contributed by atoms with Crippen molar-refractivity contribution < 1.29 is 13.2 Å². The Labute approximate surface area is 154 Å². The van der Waals surface area contributed by atoms with Crippen LogP contribution in [0.15, 0.2) is 47.6 Å². The minimum atomic E-state index is -3.77. The number of hydrogen-bond donors (Lipinski definition) is 2. The SMILES string of the molecule is CCCCCCCC(=O)Nc1ccc(S(=O)(=O)Nc2ncccn2)cc1. The van der Waals surface area contributed by atoms with Crippen molar-refractivity contribution in [2.24, 2.45) is 0 Å². The summed E-state index contributed by atoms with van der Waals surface area (Å²) < 4.78 is 26.9. The lowest BCUT2D eigenvalue weighted by atomic mass is 10.1. The minimum absolute atomic E-state index is 0.00736. The first kappa shape index (κ1) is 19.8. The third-order valence-electron chi connectivity index (χ3n) is 3.75. The summed E-state index contributed by atoms with van der Waals surface area (Å²) >= 11 is 0. The van der Waals surface area contributed by atoms with E-state index in [1.54, 1.807) is 18.2 Å². The van der Waals surface area contributed by atoms with E-state index in [0.29, 0.717) is 12.1 Å². The van der Waals surface area contributed by atoms with Gasteiger partial charge >= 0.3 is 0 Å². The highest BCUT2D eigenvalue weighted by molar-refractivity contribution is 7.92. The number of nitrogens with one attached hydrogen (secondary N) is 2. The van der Waals surface area contributed by atoms with E-state index in [2.05, 4.69) is 26.9 Å². The quantitative estimate of drug-likeness (QED) is 0.617. The number of aromatic nitrogens is 2. The number of unbranched alkanes of at least 4 members (excludes halogenated alkanes) is 4. The zero-order valence-corrected chi connectivity index (χ0v) is 15.6. The van der Waals surface area contributed by atoms with Crippen LogP contribution in [0.25, 0.3) is 0 Å². The maximum atomic E-state index is 12.3. The zero-order valence-electron chi connectivity index (χ0n) is 14.8. The number of rotatable bonds is 10. The summed E-state index contributed by atoms with van der Waals surface area (Å²) in [5.41, 5.74) is 0.568. The molecule has 0 radical (unpaired) electrons. The molecule has 0 bridgehead atoms. The van der Waals surface area contributed by atoms with Gasteiger partial charge in [0.2, 0.25) is 11.9 Å². The molecule has 1 heterocycles. The van der Waals surface area contributed by atoms with Crippen LogP contribution in [0.1, 0.15) is 45.4 Å². The van der Waals surface area contributed by atoms with Gasteiger partial charge in [0.25, 0.3) is 10.0 Å². The van der Waals surface area contributed by atoms with Crippen molar-refractivity contribution in [3.05, 3.63) is 42.7 Å². The lowest BCUT2D eigenvalue weighted by molar-refractivity contribution is -0.116. The van der Waals surface area contributed by atoms with Crippen molar-refractivity contribution in [2.45, 2.75) is 50.3 Å². The van der Waals surface area contributed by atoms with Gasteiger partial charge in [0.05, 0.1) is 4.90 Å². The Morgan fingerprint density at radius 3 is 2.31 bits per heavy atom. The fourth-order valence-electron chi connectivity index (χ4n) is 2.36. The monoisotopic (exact) mass is 376 g/mol. The zero-order chi connectivity index (χ0) is 18.8. The van der Waals surface area contributed by atoms with Crippen molar-refractivity contribution in [1.82, 2.24) is 9.97 Å². The molecule has 0 saturated heterocycles. The maximum Gasteiger partial charge on any atom is 0.264 e. The second-order valence-corrected chi connectivity index (χ2v) is 7.60. The molecule has 8 heteroatoms. The first-order valence-corrected chi connectivity index (χ1v) is 10.2. The summed E-state index contributed by atoms with van der Waals surface area (Å²) in [6, 6.07) is 7.59. The molecule has 0 fully saturated rings. The molecule has 1 amide bonds. The number of hydrogen-bond acceptors (Lipinski definition) is 5. The van der Waals surface area contributed by atoms with E-state index >= 15 is 0 Å². The molecule has 2 aromatic rings. The number of carbonyl (C=O) groups excluding carboxylic acids is 1. The number of sulfonamides is 1. The molecule has 2 rings (SSSR count). The van der Waals surface area contributed by atoms with Crippen LogP contribution in [0.2, 0.25) is 0 Å². The van der Waals surface area contributed by atoms with Gasteiger partial charge in [-0.05, 0) is 36.8 Å². The maximum absolute atomic E-state index is 12.3. The third-order valence-corrected chi connectivity index (χ3v) is 5.09. The second kappa shape index (κ2) is 9.86. The molecule has 0 unspecified atom stereocenters. The Hall–Kier alpha value is -2.48. The van der Waals surface area contributed by atoms with Crippen LogP contribution in [0, 0.1) is 0 Å². The molecular formula is C18H24N4O3S. The van der Waals surface area contributed by atoms with E-state index < -0.39 is 10.0 Å². The van der Waals surface area contributed by atoms with Gasteiger partial charge in [-0.25, -0.2) is 23.1 Å². The average molecular weight is 376 g/mol. The Morgan fingerprint density at radius 1 is 1.00 bits per heavy atom. The highest BCUT2D eigenvalue weighted by atomic mass is 32.2. The molecule has 0 aliphatic rings. The summed E-state index contributed by atoms with van der Waals surface area (Å²) in [5, 5.41) is 2.78. The fraction of sp³-hybridized carbons (Fsp3) is 0.389. The number of amides is 1. The summed E-state index contributed by atoms with van der Waals surface area (Å²) in [6.45, 7) is 2.15. The summed E-state index contributed by atoms with van der Waals surface area (Å²) in [4.78, 5) is 19.7. The molecule has 0 atom stereocenters. The van der Waals surface area contributed by atoms with E-state index in [0.717, 1.165) is 19.3 Å². The highest BCUT2D eigenvalue weighted by Gasteiger charge is 2.15. The topological polar surface area (TPSA) is 101 Å². The van der Waals surface area contributed by atoms with Gasteiger partial charge in [-0.15, -0.1) is 0 Å². The fourth-order valence-corrected chi connectivity index (χ4v) is 3.32. The van der Waals surface area contributed by atoms with E-state index in [1.165, 1.54) is 37.4 Å². The molecule has 1 aromatic carbocycles. The Balaban J connectivity index is 1.88. The molecular weight excluding hydrogens is 352 g/mol. The Morgan fingerprint density at radius 2 is 1.65 bits per heavy atom. The van der Waals surface area contributed by atoms with E-state index in [-0.39, 0.29) is 16.8 Å². The van der Waals surface area contributed by atoms with Crippen molar-refractivity contribution in [3.8, 4) is 0 Å². The predicted molar refractivity (Wildman–Crippen MR) is 101 cm³/mol. The van der Waals surface area contributed by atoms with Crippen LogP contribution in [0.3, 0.4) is 0 Å². The van der Waals surface area contributed by atoms with Gasteiger partial charge in [0, 0.05) is 24.5 Å². The van der Waals surface area contributed by atoms with Crippen molar-refractivity contribution in [2.75, 3.05) is 10.0 Å². The molecule has 1 aromatic heterocycles. The van der Waals surface area contributed by atoms with Crippen molar-refractivity contribution in [1.29, 1.82) is 0 Å². The number of benzene rings is 1. The highest BCUT2D eigenvalue weighted by Crippen LogP contribution is 2.17. The first-order chi connectivity index (χ1) is 12.5. The molecule has 140 valence electrons. The van der Waals surface area contributed by atoms with Crippen LogP contribution in [0.4, 0.5) is 11.6 Å². The Kier molecular flexibility index (Phi) is 7.53. The van der Waals surface area contributed by atoms with Crippen LogP contribution < -0.4 is 10.0 Å². The van der Waals surface area contributed by atoms with E-state index in [9.17, 15) is 13.2 Å². The van der Waals surface area contributed by atoms with Gasteiger partial charge in [-0.1, -0.05) is 32.6 Å². The molecule has 2 N–H and O–H groups in total. The number of nitrogens with zero attached hydrogens (tertiary/aromatic N) is 2. The molecule has 0 aliphatic heterocycles. The third kappa shape index (κ3) is 6.44. The second-order valence-electron chi connectivity index (χ2n) is 5.91. The van der Waals surface area contributed by atoms with Gasteiger partial charge in [-0.2, -0.15) is 0 Å². The largest absolute Gasteiger partial charge is 0.326 e. The lowest BCUT2D eigenvalue weighted by Gasteiger charge is -2.08. The molecule has 0 spiro atoms. The van der Waals surface area contributed by atoms with Crippen LogP contribution in [0.5, 0.6) is 0 Å². The van der Waals surface area contributed by atoms with Gasteiger partial charge in [-0.3, -0.25) is 4.79 Å². The van der Waals surface area contributed by atoms with Crippen molar-refractivity contribution >= 4 is 27.6 Å². The van der Waals surface area contributed by atoms with E-state index in [4.69, 9.17) is 0 Å². The minimum Gasteiger partial charge on any atom is -0.326 e. The molecule has 7 nitrogen and oxygen atoms in total. The van der Waals surface area contributed by atoms with Gasteiger partial charge < -0.3 is 5.32 Å².